The zero-order valence-corrected chi connectivity index (χ0v) is 18.0. The van der Waals surface area contributed by atoms with Crippen LogP contribution in [0.15, 0.2) is 65.1 Å². The van der Waals surface area contributed by atoms with Gasteiger partial charge in [0.15, 0.2) is 28.6 Å². The van der Waals surface area contributed by atoms with Gasteiger partial charge in [-0.15, -0.1) is 0 Å². The van der Waals surface area contributed by atoms with Crippen LogP contribution in [-0.4, -0.2) is 24.2 Å². The fourth-order valence-corrected chi connectivity index (χ4v) is 3.40. The molecule has 0 saturated heterocycles. The van der Waals surface area contributed by atoms with Crippen molar-refractivity contribution in [2.75, 3.05) is 18.5 Å². The third-order valence-corrected chi connectivity index (χ3v) is 5.02. The predicted molar refractivity (Wildman–Crippen MR) is 121 cm³/mol. The summed E-state index contributed by atoms with van der Waals surface area (Å²) in [5, 5.41) is 3.10. The van der Waals surface area contributed by atoms with E-state index in [4.69, 9.17) is 23.4 Å². The summed E-state index contributed by atoms with van der Waals surface area (Å²) in [7, 11) is 0. The van der Waals surface area contributed by atoms with Crippen molar-refractivity contribution in [3.8, 4) is 23.0 Å². The number of carbonyl (C=O) groups is 1. The minimum atomic E-state index is -0.383. The molecule has 0 amide bonds. The molecule has 8 nitrogen and oxygen atoms in total. The first kappa shape index (κ1) is 20.7. The third kappa shape index (κ3) is 4.55. The van der Waals surface area contributed by atoms with Gasteiger partial charge in [0.2, 0.25) is 0 Å². The van der Waals surface area contributed by atoms with Crippen LogP contribution in [0.3, 0.4) is 0 Å². The Morgan fingerprint density at radius 1 is 1.03 bits per heavy atom. The molecule has 4 aromatic rings. The molecule has 1 aromatic heterocycles. The Labute approximate surface area is 190 Å². The Balaban J connectivity index is 1.40. The van der Waals surface area contributed by atoms with Gasteiger partial charge in [-0.25, -0.2) is 0 Å². The van der Waals surface area contributed by atoms with E-state index in [0.29, 0.717) is 41.7 Å². The Kier molecular flexibility index (Phi) is 5.72. The number of anilines is 2. The largest absolute Gasteiger partial charge is 0.486 e. The second-order valence-corrected chi connectivity index (χ2v) is 7.34. The normalized spacial score (nSPS) is 12.4. The summed E-state index contributed by atoms with van der Waals surface area (Å²) in [6.45, 7) is 3.03. The molecule has 0 aliphatic carbocycles. The minimum Gasteiger partial charge on any atom is -0.486 e. The average molecular weight is 446 g/mol. The highest BCUT2D eigenvalue weighted by atomic mass is 16.6. The number of oxazole rings is 1. The van der Waals surface area contributed by atoms with Gasteiger partial charge in [0.25, 0.3) is 6.01 Å². The van der Waals surface area contributed by atoms with Crippen molar-refractivity contribution in [1.82, 2.24) is 4.98 Å². The lowest BCUT2D eigenvalue weighted by Gasteiger charge is -2.19. The van der Waals surface area contributed by atoms with E-state index in [-0.39, 0.29) is 30.8 Å². The lowest BCUT2D eigenvalue weighted by Crippen LogP contribution is -2.15. The highest BCUT2D eigenvalue weighted by Gasteiger charge is 2.18. The molecule has 5 rings (SSSR count). The molecule has 8 heteroatoms. The van der Waals surface area contributed by atoms with Crippen molar-refractivity contribution >= 4 is 28.8 Å². The fourth-order valence-electron chi connectivity index (χ4n) is 3.40. The molecule has 1 N–H and O–H groups in total. The van der Waals surface area contributed by atoms with Crippen LogP contribution in [0.2, 0.25) is 0 Å². The van der Waals surface area contributed by atoms with Crippen LogP contribution in [0.5, 0.6) is 23.0 Å². The van der Waals surface area contributed by atoms with Crippen LogP contribution in [0.4, 0.5) is 11.7 Å². The summed E-state index contributed by atoms with van der Waals surface area (Å²) < 4.78 is 28.6. The first-order chi connectivity index (χ1) is 16.2. The molecule has 1 aliphatic rings. The summed E-state index contributed by atoms with van der Waals surface area (Å²) in [6, 6.07) is 18.7. The molecule has 1 aliphatic heterocycles. The molecular weight excluding hydrogens is 424 g/mol. The second-order valence-electron chi connectivity index (χ2n) is 7.34. The molecule has 0 bridgehead atoms. The van der Waals surface area contributed by atoms with E-state index in [2.05, 4.69) is 10.3 Å². The average Bonchev–Trinajstić information content (AvgIpc) is 3.26. The molecule has 0 atom stereocenters. The summed E-state index contributed by atoms with van der Waals surface area (Å²) in [5.41, 5.74) is 2.77. The van der Waals surface area contributed by atoms with Crippen LogP contribution in [0.1, 0.15) is 18.9 Å². The molecule has 0 spiro atoms. The number of carbonyl (C=O) groups excluding carboxylic acids is 1. The summed E-state index contributed by atoms with van der Waals surface area (Å²) in [5.74, 6) is 1.70. The van der Waals surface area contributed by atoms with Gasteiger partial charge in [0, 0.05) is 6.42 Å². The molecule has 3 aromatic carbocycles. The molecule has 0 fully saturated rings. The number of nitrogens with one attached hydrogen (secondary N) is 1. The van der Waals surface area contributed by atoms with Gasteiger partial charge in [0.05, 0.1) is 5.69 Å². The van der Waals surface area contributed by atoms with E-state index in [1.54, 1.807) is 25.1 Å². The zero-order chi connectivity index (χ0) is 22.6. The number of ether oxygens (including phenoxy) is 4. The number of rotatable bonds is 7. The number of aromatic nitrogens is 1. The minimum absolute atomic E-state index is 0.221. The number of para-hydroxylation sites is 3. The highest BCUT2D eigenvalue weighted by molar-refractivity contribution is 5.79. The van der Waals surface area contributed by atoms with Crippen LogP contribution in [0.25, 0.3) is 11.1 Å². The predicted octanol–water partition coefficient (Wildman–Crippen LogP) is 5.24. The van der Waals surface area contributed by atoms with E-state index in [1.165, 1.54) is 0 Å². The van der Waals surface area contributed by atoms with E-state index in [0.717, 1.165) is 11.1 Å². The standard InChI is InChI=1S/C25H22N2O6/c1-2-23(28)33-24-18(27-25-26-17-6-3-4-8-19(17)32-25)7-5-9-21(24)31-15-16-10-11-20-22(14-16)30-13-12-29-20/h3-11,14H,2,12-13,15H2,1H3,(H,26,27). The summed E-state index contributed by atoms with van der Waals surface area (Å²) in [6.07, 6.45) is 0.221. The Morgan fingerprint density at radius 3 is 2.73 bits per heavy atom. The van der Waals surface area contributed by atoms with Crippen molar-refractivity contribution in [3.63, 3.8) is 0 Å². The quantitative estimate of drug-likeness (QED) is 0.305. The van der Waals surface area contributed by atoms with E-state index in [9.17, 15) is 4.79 Å². The Hall–Kier alpha value is -4.20. The number of hydrogen-bond donors (Lipinski definition) is 1. The van der Waals surface area contributed by atoms with Crippen LogP contribution in [-0.2, 0) is 11.4 Å². The van der Waals surface area contributed by atoms with Gasteiger partial charge in [-0.3, -0.25) is 4.79 Å². The van der Waals surface area contributed by atoms with Gasteiger partial charge in [0.1, 0.15) is 25.3 Å². The molecular formula is C25H22N2O6. The van der Waals surface area contributed by atoms with E-state index in [1.807, 2.05) is 42.5 Å². The maximum Gasteiger partial charge on any atom is 0.311 e. The molecule has 0 saturated carbocycles. The van der Waals surface area contributed by atoms with Gasteiger partial charge in [-0.2, -0.15) is 4.98 Å². The number of esters is 1. The van der Waals surface area contributed by atoms with Crippen molar-refractivity contribution in [2.45, 2.75) is 20.0 Å². The van der Waals surface area contributed by atoms with Crippen LogP contribution < -0.4 is 24.3 Å². The van der Waals surface area contributed by atoms with Crippen molar-refractivity contribution in [2.24, 2.45) is 0 Å². The van der Waals surface area contributed by atoms with Gasteiger partial charge >= 0.3 is 5.97 Å². The molecule has 2 heterocycles. The van der Waals surface area contributed by atoms with Crippen molar-refractivity contribution < 1.29 is 28.2 Å². The molecule has 168 valence electrons. The lowest BCUT2D eigenvalue weighted by molar-refractivity contribution is -0.134. The van der Waals surface area contributed by atoms with Crippen molar-refractivity contribution in [1.29, 1.82) is 0 Å². The first-order valence-corrected chi connectivity index (χ1v) is 10.7. The SMILES string of the molecule is CCC(=O)Oc1c(Nc2nc3ccccc3o2)cccc1OCc1ccc2c(c1)OCCO2. The van der Waals surface area contributed by atoms with Gasteiger partial charge in [-0.1, -0.05) is 31.2 Å². The second kappa shape index (κ2) is 9.12. The molecule has 33 heavy (non-hydrogen) atoms. The number of hydrogen-bond acceptors (Lipinski definition) is 8. The zero-order valence-electron chi connectivity index (χ0n) is 18.0. The summed E-state index contributed by atoms with van der Waals surface area (Å²) >= 11 is 0. The number of benzene rings is 3. The maximum absolute atomic E-state index is 12.1. The van der Waals surface area contributed by atoms with Crippen molar-refractivity contribution in [3.05, 3.63) is 66.2 Å². The van der Waals surface area contributed by atoms with Crippen LogP contribution in [0, 0.1) is 0 Å². The Bertz CT molecular complexity index is 1270. The monoisotopic (exact) mass is 446 g/mol. The number of fused-ring (bicyclic) bond motifs is 2. The van der Waals surface area contributed by atoms with Gasteiger partial charge in [-0.05, 0) is 42.0 Å². The topological polar surface area (TPSA) is 92.1 Å². The fraction of sp³-hybridized carbons (Fsp3) is 0.200. The van der Waals surface area contributed by atoms with Gasteiger partial charge < -0.3 is 28.7 Å². The Morgan fingerprint density at radius 2 is 1.88 bits per heavy atom. The molecule has 0 radical (unpaired) electrons. The first-order valence-electron chi connectivity index (χ1n) is 10.7. The van der Waals surface area contributed by atoms with Crippen LogP contribution >= 0.6 is 0 Å². The van der Waals surface area contributed by atoms with E-state index < -0.39 is 0 Å². The van der Waals surface area contributed by atoms with E-state index >= 15 is 0 Å². The highest BCUT2D eigenvalue weighted by Crippen LogP contribution is 2.38. The third-order valence-electron chi connectivity index (χ3n) is 5.02. The summed E-state index contributed by atoms with van der Waals surface area (Å²) in [4.78, 5) is 16.6. The maximum atomic E-state index is 12.1. The lowest BCUT2D eigenvalue weighted by atomic mass is 10.2. The number of nitrogens with zero attached hydrogens (tertiary/aromatic N) is 1. The molecule has 0 unspecified atom stereocenters. The smallest absolute Gasteiger partial charge is 0.311 e.